The van der Waals surface area contributed by atoms with Crippen LogP contribution in [0.25, 0.3) is 11.3 Å². The van der Waals surface area contributed by atoms with Crippen molar-refractivity contribution < 1.29 is 38.4 Å². The molecule has 1 aliphatic heterocycles. The van der Waals surface area contributed by atoms with Crippen LogP contribution in [0.3, 0.4) is 0 Å². The van der Waals surface area contributed by atoms with Gasteiger partial charge in [0.25, 0.3) is 11.8 Å². The number of ether oxygens (including phenoxy) is 4. The van der Waals surface area contributed by atoms with E-state index < -0.39 is 5.97 Å². The smallest absolute Gasteiger partial charge is 0.305 e. The van der Waals surface area contributed by atoms with Gasteiger partial charge in [0.1, 0.15) is 0 Å². The molecule has 2 aliphatic rings. The molecule has 1 aliphatic carbocycles. The van der Waals surface area contributed by atoms with Gasteiger partial charge in [0.2, 0.25) is 0 Å². The number of rotatable bonds is 23. The first kappa shape index (κ1) is 43.8. The quantitative estimate of drug-likeness (QED) is 0.0637. The summed E-state index contributed by atoms with van der Waals surface area (Å²) in [7, 11) is 0. The van der Waals surface area contributed by atoms with Crippen molar-refractivity contribution in [2.24, 2.45) is 0 Å². The molecule has 3 N–H and O–H groups in total. The van der Waals surface area contributed by atoms with E-state index in [-0.39, 0.29) is 30.9 Å². The van der Waals surface area contributed by atoms with E-state index >= 15 is 0 Å². The Morgan fingerprint density at radius 3 is 2.25 bits per heavy atom. The molecule has 1 aromatic heterocycles. The molecule has 1 atom stereocenters. The Morgan fingerprint density at radius 1 is 0.746 bits per heavy atom. The Morgan fingerprint density at radius 2 is 1.47 bits per heavy atom. The minimum absolute atomic E-state index is 0.0127. The maximum Gasteiger partial charge on any atom is 0.305 e. The number of nitrogens with zero attached hydrogens (tertiary/aromatic N) is 2. The van der Waals surface area contributed by atoms with Crippen molar-refractivity contribution in [2.45, 2.75) is 56.7 Å². The summed E-state index contributed by atoms with van der Waals surface area (Å²) in [5.41, 5.74) is 7.70. The van der Waals surface area contributed by atoms with Crippen LogP contribution in [0.1, 0.15) is 82.0 Å². The Kier molecular flexibility index (Phi) is 17.6. The number of aromatic nitrogens is 1. The van der Waals surface area contributed by atoms with E-state index in [4.69, 9.17) is 29.0 Å². The Hall–Kier alpha value is -4.79. The number of amides is 2. The van der Waals surface area contributed by atoms with Crippen LogP contribution in [0.4, 0.5) is 11.4 Å². The summed E-state index contributed by atoms with van der Waals surface area (Å²) in [6.45, 7) is 5.30. The number of hydrogen-bond acceptors (Lipinski definition) is 10. The number of hydrogen-bond donors (Lipinski definition) is 3. The number of piperidine rings is 1. The molecule has 1 fully saturated rings. The molecule has 0 bridgehead atoms. The van der Waals surface area contributed by atoms with Crippen LogP contribution < -0.4 is 15.5 Å². The average molecular weight is 825 g/mol. The number of aryl methyl sites for hydroxylation is 1. The molecule has 3 aromatic carbocycles. The van der Waals surface area contributed by atoms with E-state index in [1.165, 1.54) is 17.5 Å². The highest BCUT2D eigenvalue weighted by atomic mass is 32.2. The lowest BCUT2D eigenvalue weighted by Crippen LogP contribution is -2.31. The maximum atomic E-state index is 13.8. The summed E-state index contributed by atoms with van der Waals surface area (Å²) >= 11 is 1.73. The number of carbonyl (C=O) groups is 3. The van der Waals surface area contributed by atoms with Gasteiger partial charge in [-0.05, 0) is 97.7 Å². The summed E-state index contributed by atoms with van der Waals surface area (Å²) < 4.78 is 21.8. The van der Waals surface area contributed by atoms with Crippen molar-refractivity contribution in [3.05, 3.63) is 113 Å². The number of pyridine rings is 1. The van der Waals surface area contributed by atoms with E-state index in [0.717, 1.165) is 73.5 Å². The zero-order chi connectivity index (χ0) is 41.1. The van der Waals surface area contributed by atoms with Crippen molar-refractivity contribution in [3.63, 3.8) is 0 Å². The molecule has 0 spiro atoms. The van der Waals surface area contributed by atoms with Crippen molar-refractivity contribution in [2.75, 3.05) is 81.9 Å². The van der Waals surface area contributed by atoms with Crippen LogP contribution in [0.2, 0.25) is 0 Å². The minimum atomic E-state index is -0.879. The van der Waals surface area contributed by atoms with Gasteiger partial charge in [-0.15, -0.1) is 0 Å². The summed E-state index contributed by atoms with van der Waals surface area (Å²) in [6.07, 6.45) is 8.11. The monoisotopic (exact) mass is 824 g/mol. The third-order valence-electron chi connectivity index (χ3n) is 10.4. The number of nitrogens with one attached hydrogen (secondary N) is 2. The van der Waals surface area contributed by atoms with Gasteiger partial charge in [-0.25, -0.2) is 0 Å². The molecule has 4 aromatic rings. The number of carboxylic acid groups (broad SMARTS) is 1. The summed E-state index contributed by atoms with van der Waals surface area (Å²) in [5, 5.41) is 15.0. The second-order valence-electron chi connectivity index (χ2n) is 14.6. The fourth-order valence-corrected chi connectivity index (χ4v) is 8.09. The summed E-state index contributed by atoms with van der Waals surface area (Å²) in [6, 6.07) is 25.7. The molecular formula is C46H56N4O8S. The molecule has 0 radical (unpaired) electrons. The number of thioether (sulfide) groups is 1. The fraction of sp³-hybridized carbons (Fsp3) is 0.435. The molecule has 1 saturated heterocycles. The SMILES string of the molecule is O=C(O)CCOCCOCCOCCOCCSCc1cccc(C(=O)Nc2ccc(N3CCCCC3)cc2-c2cc(C(=O)NC3CCCc4ccccc43)ccn2)c1. The number of benzene rings is 3. The molecule has 6 rings (SSSR count). The highest BCUT2D eigenvalue weighted by Crippen LogP contribution is 2.34. The Balaban J connectivity index is 0.998. The van der Waals surface area contributed by atoms with E-state index in [1.807, 2.05) is 42.5 Å². The van der Waals surface area contributed by atoms with Gasteiger partial charge in [-0.2, -0.15) is 11.8 Å². The first-order chi connectivity index (χ1) is 28.9. The summed E-state index contributed by atoms with van der Waals surface area (Å²) in [5.74, 6) is 0.297. The second kappa shape index (κ2) is 23.7. The molecule has 13 heteroatoms. The highest BCUT2D eigenvalue weighted by Gasteiger charge is 2.23. The fourth-order valence-electron chi connectivity index (χ4n) is 7.29. The lowest BCUT2D eigenvalue weighted by Gasteiger charge is -2.29. The van der Waals surface area contributed by atoms with E-state index in [2.05, 4.69) is 45.9 Å². The molecule has 314 valence electrons. The number of carboxylic acids is 1. The molecular weight excluding hydrogens is 769 g/mol. The zero-order valence-corrected chi connectivity index (χ0v) is 34.5. The van der Waals surface area contributed by atoms with Crippen LogP contribution in [0.15, 0.2) is 85.1 Å². The number of fused-ring (bicyclic) bond motifs is 1. The molecule has 2 heterocycles. The Labute approximate surface area is 351 Å². The topological polar surface area (TPSA) is 149 Å². The average Bonchev–Trinajstić information content (AvgIpc) is 3.27. The first-order valence-corrected chi connectivity index (χ1v) is 21.8. The van der Waals surface area contributed by atoms with Gasteiger partial charge in [0.15, 0.2) is 0 Å². The lowest BCUT2D eigenvalue weighted by molar-refractivity contribution is -0.138. The van der Waals surface area contributed by atoms with Gasteiger partial charge in [0.05, 0.1) is 76.7 Å². The van der Waals surface area contributed by atoms with Gasteiger partial charge in [0, 0.05) is 53.2 Å². The third-order valence-corrected chi connectivity index (χ3v) is 11.3. The van der Waals surface area contributed by atoms with E-state index in [1.54, 1.807) is 24.0 Å². The highest BCUT2D eigenvalue weighted by molar-refractivity contribution is 7.98. The standard InChI is InChI=1S/C46H56N4O8S/c51-44(52)17-21-55-22-23-56-24-25-57-26-27-58-28-29-59-33-34-8-6-11-36(30-34)45(53)49-42-15-14-38(50-19-4-1-5-20-50)32-40(42)43-31-37(16-18-47-43)46(54)48-41-13-7-10-35-9-2-3-12-39(35)41/h2-3,6,8-9,11-12,14-16,18,30-32,41H,1,4-5,7,10,13,17,19-29,33H2,(H,48,54)(H,49,53)(H,51,52). The van der Waals surface area contributed by atoms with Gasteiger partial charge >= 0.3 is 5.97 Å². The lowest BCUT2D eigenvalue weighted by atomic mass is 9.87. The third kappa shape index (κ3) is 13.9. The number of aliphatic carboxylic acids is 1. The van der Waals surface area contributed by atoms with Gasteiger partial charge in [-0.1, -0.05) is 36.4 Å². The van der Waals surface area contributed by atoms with Crippen LogP contribution in [0.5, 0.6) is 0 Å². The first-order valence-electron chi connectivity index (χ1n) is 20.7. The predicted octanol–water partition coefficient (Wildman–Crippen LogP) is 7.57. The van der Waals surface area contributed by atoms with E-state index in [0.29, 0.717) is 68.8 Å². The zero-order valence-electron chi connectivity index (χ0n) is 33.7. The maximum absolute atomic E-state index is 13.8. The predicted molar refractivity (Wildman–Crippen MR) is 231 cm³/mol. The van der Waals surface area contributed by atoms with Crippen molar-refractivity contribution in [3.8, 4) is 11.3 Å². The van der Waals surface area contributed by atoms with Crippen LogP contribution in [-0.2, 0) is 35.9 Å². The molecule has 1 unspecified atom stereocenters. The normalized spacial score (nSPS) is 15.1. The summed E-state index contributed by atoms with van der Waals surface area (Å²) in [4.78, 5) is 45.0. The Bertz CT molecular complexity index is 1970. The van der Waals surface area contributed by atoms with Crippen LogP contribution in [0, 0.1) is 0 Å². The largest absolute Gasteiger partial charge is 0.481 e. The molecule has 59 heavy (non-hydrogen) atoms. The van der Waals surface area contributed by atoms with Crippen molar-refractivity contribution >= 4 is 40.9 Å². The van der Waals surface area contributed by atoms with Crippen molar-refractivity contribution in [1.29, 1.82) is 0 Å². The number of carbonyl (C=O) groups excluding carboxylic acids is 2. The van der Waals surface area contributed by atoms with Gasteiger partial charge < -0.3 is 39.6 Å². The van der Waals surface area contributed by atoms with Crippen LogP contribution >= 0.6 is 11.8 Å². The second-order valence-corrected chi connectivity index (χ2v) is 15.7. The van der Waals surface area contributed by atoms with Crippen molar-refractivity contribution in [1.82, 2.24) is 10.3 Å². The van der Waals surface area contributed by atoms with E-state index in [9.17, 15) is 14.4 Å². The molecule has 0 saturated carbocycles. The van der Waals surface area contributed by atoms with Gasteiger partial charge in [-0.3, -0.25) is 19.4 Å². The minimum Gasteiger partial charge on any atom is -0.481 e. The number of anilines is 2. The molecule has 12 nitrogen and oxygen atoms in total. The van der Waals surface area contributed by atoms with Crippen LogP contribution in [-0.4, -0.2) is 99.6 Å². The molecule has 2 amide bonds.